The van der Waals surface area contributed by atoms with Crippen molar-refractivity contribution in [3.05, 3.63) is 70.0 Å². The van der Waals surface area contributed by atoms with Crippen LogP contribution in [0.1, 0.15) is 29.7 Å². The van der Waals surface area contributed by atoms with Gasteiger partial charge in [-0.15, -0.1) is 0 Å². The molecule has 0 bridgehead atoms. The Morgan fingerprint density at radius 3 is 2.48 bits per heavy atom. The summed E-state index contributed by atoms with van der Waals surface area (Å²) in [5, 5.41) is 6.61. The Hall–Kier alpha value is -1.91. The molecular formula is C20H22ClFN2O. The third kappa shape index (κ3) is 4.02. The molecule has 2 aromatic carbocycles. The third-order valence-electron chi connectivity index (χ3n) is 4.90. The average molecular weight is 361 g/mol. The number of hydrogen-bond donors (Lipinski definition) is 2. The predicted octanol–water partition coefficient (Wildman–Crippen LogP) is 3.85. The van der Waals surface area contributed by atoms with Gasteiger partial charge in [-0.3, -0.25) is 4.79 Å². The van der Waals surface area contributed by atoms with E-state index < -0.39 is 11.9 Å². The molecule has 2 aromatic rings. The Morgan fingerprint density at radius 2 is 1.92 bits per heavy atom. The molecule has 25 heavy (non-hydrogen) atoms. The van der Waals surface area contributed by atoms with Crippen molar-refractivity contribution in [2.75, 3.05) is 13.1 Å². The summed E-state index contributed by atoms with van der Waals surface area (Å²) in [6, 6.07) is 11.8. The largest absolute Gasteiger partial charge is 0.345 e. The summed E-state index contributed by atoms with van der Waals surface area (Å²) >= 11 is 6.27. The van der Waals surface area contributed by atoms with E-state index in [9.17, 15) is 9.18 Å². The molecule has 1 aliphatic heterocycles. The van der Waals surface area contributed by atoms with Gasteiger partial charge in [-0.25, -0.2) is 4.39 Å². The van der Waals surface area contributed by atoms with Crippen LogP contribution in [0, 0.1) is 24.6 Å². The molecule has 0 radical (unpaired) electrons. The highest BCUT2D eigenvalue weighted by Gasteiger charge is 2.30. The van der Waals surface area contributed by atoms with Crippen molar-refractivity contribution >= 4 is 17.5 Å². The van der Waals surface area contributed by atoms with Crippen LogP contribution < -0.4 is 10.6 Å². The smallest absolute Gasteiger partial charge is 0.223 e. The van der Waals surface area contributed by atoms with Crippen molar-refractivity contribution < 1.29 is 9.18 Å². The lowest BCUT2D eigenvalue weighted by atomic mass is 9.87. The number of aryl methyl sites for hydroxylation is 1. The van der Waals surface area contributed by atoms with E-state index in [1.165, 1.54) is 12.1 Å². The zero-order chi connectivity index (χ0) is 18.0. The van der Waals surface area contributed by atoms with E-state index >= 15 is 0 Å². The molecule has 1 heterocycles. The highest BCUT2D eigenvalue weighted by atomic mass is 35.5. The van der Waals surface area contributed by atoms with Gasteiger partial charge in [0.05, 0.1) is 6.04 Å². The van der Waals surface area contributed by atoms with Crippen LogP contribution >= 0.6 is 11.6 Å². The van der Waals surface area contributed by atoms with Crippen LogP contribution in [-0.2, 0) is 4.79 Å². The predicted molar refractivity (Wildman–Crippen MR) is 98.1 cm³/mol. The Morgan fingerprint density at radius 1 is 1.24 bits per heavy atom. The van der Waals surface area contributed by atoms with E-state index in [1.807, 2.05) is 38.1 Å². The van der Waals surface area contributed by atoms with Gasteiger partial charge in [0.25, 0.3) is 0 Å². The molecular weight excluding hydrogens is 339 g/mol. The number of carbonyl (C=O) groups is 1. The quantitative estimate of drug-likeness (QED) is 0.850. The molecule has 5 heteroatoms. The fourth-order valence-corrected chi connectivity index (χ4v) is 3.26. The van der Waals surface area contributed by atoms with Crippen LogP contribution in [0.4, 0.5) is 4.39 Å². The first-order chi connectivity index (χ1) is 12.0. The normalized spacial score (nSPS) is 16.8. The molecule has 3 rings (SSSR count). The molecule has 2 N–H and O–H groups in total. The average Bonchev–Trinajstić information content (AvgIpc) is 2.52. The number of halogens is 2. The maximum atomic E-state index is 13.4. The second-order valence-electron chi connectivity index (χ2n) is 6.73. The molecule has 1 aliphatic rings. The molecule has 132 valence electrons. The summed E-state index contributed by atoms with van der Waals surface area (Å²) in [5.74, 6) is -0.148. The van der Waals surface area contributed by atoms with Crippen LogP contribution in [0.2, 0.25) is 5.02 Å². The SMILES string of the molecule is Cc1ccc(C(NC(=O)C(C)C2CNC2)c2ccc(F)cc2Cl)cc1. The number of carbonyl (C=O) groups excluding carboxylic acids is 1. The Balaban J connectivity index is 1.91. The maximum Gasteiger partial charge on any atom is 0.223 e. The standard InChI is InChI=1S/C20H22ClFN2O/c1-12-3-5-14(6-4-12)19(17-8-7-16(22)9-18(17)21)24-20(25)13(2)15-10-23-11-15/h3-9,13,15,19,23H,10-11H2,1-2H3,(H,24,25). The summed E-state index contributed by atoms with van der Waals surface area (Å²) < 4.78 is 13.4. The van der Waals surface area contributed by atoms with Gasteiger partial charge in [-0.1, -0.05) is 54.4 Å². The van der Waals surface area contributed by atoms with Crippen LogP contribution in [0.15, 0.2) is 42.5 Å². The Kier molecular flexibility index (Phi) is 5.40. The van der Waals surface area contributed by atoms with Gasteiger partial charge in [0.2, 0.25) is 5.91 Å². The van der Waals surface area contributed by atoms with Gasteiger partial charge in [-0.05, 0) is 49.2 Å². The van der Waals surface area contributed by atoms with Crippen molar-refractivity contribution in [2.45, 2.75) is 19.9 Å². The van der Waals surface area contributed by atoms with E-state index in [2.05, 4.69) is 10.6 Å². The maximum absolute atomic E-state index is 13.4. The van der Waals surface area contributed by atoms with Gasteiger partial charge in [0.1, 0.15) is 5.82 Å². The topological polar surface area (TPSA) is 41.1 Å². The van der Waals surface area contributed by atoms with Crippen molar-refractivity contribution in [3.8, 4) is 0 Å². The van der Waals surface area contributed by atoms with E-state index in [4.69, 9.17) is 11.6 Å². The first-order valence-electron chi connectivity index (χ1n) is 8.48. The summed E-state index contributed by atoms with van der Waals surface area (Å²) in [4.78, 5) is 12.7. The second kappa shape index (κ2) is 7.54. The molecule has 1 amide bonds. The van der Waals surface area contributed by atoms with Crippen LogP contribution in [-0.4, -0.2) is 19.0 Å². The molecule has 1 fully saturated rings. The number of hydrogen-bond acceptors (Lipinski definition) is 2. The van der Waals surface area contributed by atoms with E-state index in [0.717, 1.165) is 24.2 Å². The minimum atomic E-state index is -0.406. The van der Waals surface area contributed by atoms with Gasteiger partial charge in [0.15, 0.2) is 0 Å². The molecule has 2 atom stereocenters. The van der Waals surface area contributed by atoms with E-state index in [1.54, 1.807) is 6.07 Å². The Bertz CT molecular complexity index is 759. The van der Waals surface area contributed by atoms with Crippen LogP contribution in [0.5, 0.6) is 0 Å². The first-order valence-corrected chi connectivity index (χ1v) is 8.86. The zero-order valence-corrected chi connectivity index (χ0v) is 15.1. The summed E-state index contributed by atoms with van der Waals surface area (Å²) in [6.07, 6.45) is 0. The number of amides is 1. The van der Waals surface area contributed by atoms with Gasteiger partial charge < -0.3 is 10.6 Å². The van der Waals surface area contributed by atoms with Gasteiger partial charge in [-0.2, -0.15) is 0 Å². The summed E-state index contributed by atoms with van der Waals surface area (Å²) in [5.41, 5.74) is 2.75. The van der Waals surface area contributed by atoms with E-state index in [-0.39, 0.29) is 11.8 Å². The Labute approximate surface area is 152 Å². The highest BCUT2D eigenvalue weighted by Crippen LogP contribution is 2.30. The van der Waals surface area contributed by atoms with Gasteiger partial charge in [0, 0.05) is 10.9 Å². The lowest BCUT2D eigenvalue weighted by Crippen LogP contribution is -2.50. The van der Waals surface area contributed by atoms with Crippen LogP contribution in [0.3, 0.4) is 0 Å². The van der Waals surface area contributed by atoms with E-state index in [0.29, 0.717) is 16.5 Å². The molecule has 2 unspecified atom stereocenters. The molecule has 0 spiro atoms. The number of rotatable bonds is 5. The van der Waals surface area contributed by atoms with Gasteiger partial charge >= 0.3 is 0 Å². The van der Waals surface area contributed by atoms with Crippen molar-refractivity contribution in [1.82, 2.24) is 10.6 Å². The highest BCUT2D eigenvalue weighted by molar-refractivity contribution is 6.31. The minimum absolute atomic E-state index is 0.0162. The van der Waals surface area contributed by atoms with Crippen LogP contribution in [0.25, 0.3) is 0 Å². The monoisotopic (exact) mass is 360 g/mol. The molecule has 3 nitrogen and oxygen atoms in total. The van der Waals surface area contributed by atoms with Crippen molar-refractivity contribution in [1.29, 1.82) is 0 Å². The fraction of sp³-hybridized carbons (Fsp3) is 0.350. The lowest BCUT2D eigenvalue weighted by Gasteiger charge is -2.33. The summed E-state index contributed by atoms with van der Waals surface area (Å²) in [7, 11) is 0. The summed E-state index contributed by atoms with van der Waals surface area (Å²) in [6.45, 7) is 5.68. The zero-order valence-electron chi connectivity index (χ0n) is 14.4. The molecule has 1 saturated heterocycles. The molecule has 0 saturated carbocycles. The third-order valence-corrected chi connectivity index (χ3v) is 5.23. The van der Waals surface area contributed by atoms with Crippen molar-refractivity contribution in [3.63, 3.8) is 0 Å². The first kappa shape index (κ1) is 17.9. The minimum Gasteiger partial charge on any atom is -0.345 e. The second-order valence-corrected chi connectivity index (χ2v) is 7.13. The fourth-order valence-electron chi connectivity index (χ4n) is 2.99. The molecule has 0 aliphatic carbocycles. The van der Waals surface area contributed by atoms with Crippen molar-refractivity contribution in [2.24, 2.45) is 11.8 Å². The number of benzene rings is 2. The molecule has 0 aromatic heterocycles. The number of nitrogens with one attached hydrogen (secondary N) is 2. The lowest BCUT2D eigenvalue weighted by molar-refractivity contribution is -0.127.